The molecule has 3 atom stereocenters. The first-order valence-electron chi connectivity index (χ1n) is 6.92. The largest absolute Gasteiger partial charge is 0.490 e. The molecule has 0 saturated heterocycles. The normalized spacial score (nSPS) is 19.8. The predicted molar refractivity (Wildman–Crippen MR) is 74.1 cm³/mol. The molecule has 1 aromatic rings. The summed E-state index contributed by atoms with van der Waals surface area (Å²) in [6.45, 7) is 1.50. The van der Waals surface area contributed by atoms with Crippen LogP contribution in [0.1, 0.15) is 25.3 Å². The molecule has 1 aromatic carbocycles. The number of ether oxygens (including phenoxy) is 1. The standard InChI is InChI=1S/C15H19NO5/c1-10(16(20)9-17)13(15(18)19)8-12-7-6-11-4-2-3-5-14(11)21-12/h2-5,9-10,12-13,20H,6-8H2,1H3,(H,18,19). The van der Waals surface area contributed by atoms with E-state index in [0.717, 1.165) is 24.2 Å². The number of hydrogen-bond acceptors (Lipinski definition) is 4. The van der Waals surface area contributed by atoms with E-state index in [9.17, 15) is 19.9 Å². The minimum Gasteiger partial charge on any atom is -0.490 e. The van der Waals surface area contributed by atoms with E-state index in [2.05, 4.69) is 0 Å². The fourth-order valence-electron chi connectivity index (χ4n) is 2.61. The van der Waals surface area contributed by atoms with Crippen molar-refractivity contribution in [3.63, 3.8) is 0 Å². The van der Waals surface area contributed by atoms with Crippen molar-refractivity contribution in [1.29, 1.82) is 0 Å². The number of aliphatic carboxylic acids is 1. The summed E-state index contributed by atoms with van der Waals surface area (Å²) in [5.41, 5.74) is 1.12. The van der Waals surface area contributed by atoms with Gasteiger partial charge in [0.1, 0.15) is 5.75 Å². The molecule has 114 valence electrons. The lowest BCUT2D eigenvalue weighted by atomic mass is 9.90. The summed E-state index contributed by atoms with van der Waals surface area (Å²) < 4.78 is 5.82. The van der Waals surface area contributed by atoms with Gasteiger partial charge >= 0.3 is 5.97 Å². The summed E-state index contributed by atoms with van der Waals surface area (Å²) >= 11 is 0. The first kappa shape index (κ1) is 15.3. The number of para-hydroxylation sites is 1. The highest BCUT2D eigenvalue weighted by Gasteiger charge is 2.33. The number of rotatable bonds is 6. The fraction of sp³-hybridized carbons (Fsp3) is 0.467. The van der Waals surface area contributed by atoms with Crippen molar-refractivity contribution in [2.75, 3.05) is 0 Å². The lowest BCUT2D eigenvalue weighted by Crippen LogP contribution is -2.41. The second kappa shape index (κ2) is 6.58. The van der Waals surface area contributed by atoms with Gasteiger partial charge in [0.25, 0.3) is 0 Å². The van der Waals surface area contributed by atoms with Crippen molar-refractivity contribution in [3.05, 3.63) is 29.8 Å². The van der Waals surface area contributed by atoms with Crippen LogP contribution in [0, 0.1) is 5.92 Å². The first-order chi connectivity index (χ1) is 10.0. The molecule has 0 aliphatic carbocycles. The third kappa shape index (κ3) is 3.52. The molecule has 0 radical (unpaired) electrons. The number of benzene rings is 1. The van der Waals surface area contributed by atoms with E-state index in [-0.39, 0.29) is 18.9 Å². The third-order valence-corrected chi connectivity index (χ3v) is 3.94. The number of hydroxylamine groups is 2. The van der Waals surface area contributed by atoms with Crippen LogP contribution in [0.2, 0.25) is 0 Å². The van der Waals surface area contributed by atoms with Crippen LogP contribution in [-0.2, 0) is 16.0 Å². The van der Waals surface area contributed by atoms with Crippen LogP contribution in [0.15, 0.2) is 24.3 Å². The molecule has 1 aliphatic heterocycles. The number of hydrogen-bond donors (Lipinski definition) is 2. The van der Waals surface area contributed by atoms with Crippen LogP contribution in [-0.4, -0.2) is 39.9 Å². The van der Waals surface area contributed by atoms with Gasteiger partial charge in [0.2, 0.25) is 6.41 Å². The Morgan fingerprint density at radius 2 is 2.24 bits per heavy atom. The molecule has 0 fully saturated rings. The van der Waals surface area contributed by atoms with Gasteiger partial charge in [-0.1, -0.05) is 18.2 Å². The summed E-state index contributed by atoms with van der Waals surface area (Å²) in [7, 11) is 0. The molecular weight excluding hydrogens is 274 g/mol. The monoisotopic (exact) mass is 293 g/mol. The summed E-state index contributed by atoms with van der Waals surface area (Å²) in [6, 6.07) is 6.87. The molecule has 1 heterocycles. The zero-order chi connectivity index (χ0) is 15.4. The van der Waals surface area contributed by atoms with Crippen molar-refractivity contribution >= 4 is 12.4 Å². The molecule has 2 rings (SSSR count). The lowest BCUT2D eigenvalue weighted by molar-refractivity contribution is -0.171. The second-order valence-corrected chi connectivity index (χ2v) is 5.29. The molecule has 1 amide bonds. The average Bonchev–Trinajstić information content (AvgIpc) is 2.50. The molecule has 1 aliphatic rings. The van der Waals surface area contributed by atoms with Crippen LogP contribution < -0.4 is 4.74 Å². The molecule has 2 N–H and O–H groups in total. The zero-order valence-electron chi connectivity index (χ0n) is 11.8. The van der Waals surface area contributed by atoms with Crippen LogP contribution in [0.25, 0.3) is 0 Å². The van der Waals surface area contributed by atoms with E-state index in [4.69, 9.17) is 4.74 Å². The fourth-order valence-corrected chi connectivity index (χ4v) is 2.61. The molecule has 0 spiro atoms. The van der Waals surface area contributed by atoms with Crippen LogP contribution in [0.5, 0.6) is 5.75 Å². The Hall–Kier alpha value is -2.08. The molecule has 6 heteroatoms. The third-order valence-electron chi connectivity index (χ3n) is 3.94. The Kier molecular flexibility index (Phi) is 4.80. The van der Waals surface area contributed by atoms with E-state index in [0.29, 0.717) is 5.06 Å². The highest BCUT2D eigenvalue weighted by atomic mass is 16.5. The number of fused-ring (bicyclic) bond motifs is 1. The SMILES string of the molecule is CC(C(CC1CCc2ccccc2O1)C(=O)O)N(O)C=O. The van der Waals surface area contributed by atoms with E-state index in [1.807, 2.05) is 24.3 Å². The van der Waals surface area contributed by atoms with E-state index in [1.54, 1.807) is 0 Å². The van der Waals surface area contributed by atoms with Gasteiger partial charge in [-0.05, 0) is 37.8 Å². The van der Waals surface area contributed by atoms with E-state index < -0.39 is 17.9 Å². The number of carbonyl (C=O) groups excluding carboxylic acids is 1. The van der Waals surface area contributed by atoms with Crippen molar-refractivity contribution in [3.8, 4) is 5.75 Å². The molecule has 0 bridgehead atoms. The Morgan fingerprint density at radius 3 is 2.90 bits per heavy atom. The minimum atomic E-state index is -1.05. The Labute approximate surface area is 122 Å². The van der Waals surface area contributed by atoms with Gasteiger partial charge < -0.3 is 9.84 Å². The van der Waals surface area contributed by atoms with E-state index in [1.165, 1.54) is 6.92 Å². The average molecular weight is 293 g/mol. The van der Waals surface area contributed by atoms with Gasteiger partial charge in [-0.15, -0.1) is 0 Å². The Balaban J connectivity index is 2.05. The van der Waals surface area contributed by atoms with Crippen LogP contribution >= 0.6 is 0 Å². The second-order valence-electron chi connectivity index (χ2n) is 5.29. The molecule has 6 nitrogen and oxygen atoms in total. The van der Waals surface area contributed by atoms with Gasteiger partial charge in [0.15, 0.2) is 0 Å². The molecule has 3 unspecified atom stereocenters. The van der Waals surface area contributed by atoms with Gasteiger partial charge in [-0.3, -0.25) is 14.8 Å². The molecule has 0 aromatic heterocycles. The maximum Gasteiger partial charge on any atom is 0.308 e. The Morgan fingerprint density at radius 1 is 1.52 bits per heavy atom. The van der Waals surface area contributed by atoms with Gasteiger partial charge in [-0.25, -0.2) is 5.06 Å². The summed E-state index contributed by atoms with van der Waals surface area (Å²) in [5.74, 6) is -1.15. The predicted octanol–water partition coefficient (Wildman–Crippen LogP) is 1.71. The summed E-state index contributed by atoms with van der Waals surface area (Å²) in [5, 5.41) is 19.1. The number of carbonyl (C=O) groups is 2. The highest BCUT2D eigenvalue weighted by molar-refractivity contribution is 5.71. The van der Waals surface area contributed by atoms with Crippen LogP contribution in [0.4, 0.5) is 0 Å². The minimum absolute atomic E-state index is 0.220. The maximum absolute atomic E-state index is 11.4. The first-order valence-corrected chi connectivity index (χ1v) is 6.92. The number of carboxylic acids is 1. The Bertz CT molecular complexity index is 519. The summed E-state index contributed by atoms with van der Waals surface area (Å²) in [6.07, 6.45) is 1.79. The zero-order valence-corrected chi connectivity index (χ0v) is 11.8. The van der Waals surface area contributed by atoms with Crippen molar-refractivity contribution in [2.24, 2.45) is 5.92 Å². The van der Waals surface area contributed by atoms with E-state index >= 15 is 0 Å². The lowest BCUT2D eigenvalue weighted by Gasteiger charge is -2.31. The van der Waals surface area contributed by atoms with Crippen LogP contribution in [0.3, 0.4) is 0 Å². The molecule has 0 saturated carbocycles. The van der Waals surface area contributed by atoms with Crippen molar-refractivity contribution < 1.29 is 24.6 Å². The molecular formula is C15H19NO5. The number of carboxylic acid groups (broad SMARTS) is 1. The van der Waals surface area contributed by atoms with Gasteiger partial charge in [0, 0.05) is 0 Å². The quantitative estimate of drug-likeness (QED) is 0.473. The van der Waals surface area contributed by atoms with Gasteiger partial charge in [-0.2, -0.15) is 0 Å². The number of aryl methyl sites for hydroxylation is 1. The number of amides is 1. The van der Waals surface area contributed by atoms with Crippen molar-refractivity contribution in [2.45, 2.75) is 38.3 Å². The topological polar surface area (TPSA) is 87.1 Å². The summed E-state index contributed by atoms with van der Waals surface area (Å²) in [4.78, 5) is 22.0. The highest BCUT2D eigenvalue weighted by Crippen LogP contribution is 2.30. The van der Waals surface area contributed by atoms with Gasteiger partial charge in [0.05, 0.1) is 18.1 Å². The maximum atomic E-state index is 11.4. The molecule has 21 heavy (non-hydrogen) atoms. The van der Waals surface area contributed by atoms with Crippen molar-refractivity contribution in [1.82, 2.24) is 5.06 Å². The smallest absolute Gasteiger partial charge is 0.308 e. The number of nitrogens with zero attached hydrogens (tertiary/aromatic N) is 1.